The van der Waals surface area contributed by atoms with Crippen LogP contribution in [0.2, 0.25) is 0 Å². The third-order valence-corrected chi connectivity index (χ3v) is 11.1. The van der Waals surface area contributed by atoms with Crippen molar-refractivity contribution in [3.63, 3.8) is 0 Å². The van der Waals surface area contributed by atoms with Gasteiger partial charge in [0, 0.05) is 75.5 Å². The molecule has 1 unspecified atom stereocenters. The van der Waals surface area contributed by atoms with E-state index in [0.29, 0.717) is 49.0 Å². The molecule has 3 fully saturated rings. The number of rotatable bonds is 15. The van der Waals surface area contributed by atoms with Crippen molar-refractivity contribution in [1.29, 1.82) is 5.41 Å². The van der Waals surface area contributed by atoms with Crippen molar-refractivity contribution in [2.45, 2.75) is 89.8 Å². The number of halogens is 1. The number of likely N-dealkylation sites (N-methyl/N-ethyl adjacent to an activating group) is 1. The Morgan fingerprint density at radius 2 is 1.51 bits per heavy atom. The topological polar surface area (TPSA) is 140 Å². The first-order valence-electron chi connectivity index (χ1n) is 19.5. The van der Waals surface area contributed by atoms with Gasteiger partial charge in [-0.2, -0.15) is 0 Å². The number of piperazine rings is 1. The Morgan fingerprint density at radius 3 is 2.17 bits per heavy atom. The lowest BCUT2D eigenvalue weighted by Gasteiger charge is -2.36. The van der Waals surface area contributed by atoms with E-state index in [4.69, 9.17) is 15.9 Å². The lowest BCUT2D eigenvalue weighted by Crippen LogP contribution is -2.52. The molecule has 11 nitrogen and oxygen atoms in total. The van der Waals surface area contributed by atoms with Gasteiger partial charge in [-0.15, -0.1) is 0 Å². The maximum atomic E-state index is 14.9. The van der Waals surface area contributed by atoms with E-state index in [1.165, 1.54) is 50.3 Å². The summed E-state index contributed by atoms with van der Waals surface area (Å²) in [7, 11) is 1.93. The molecule has 3 N–H and O–H groups in total. The molecule has 53 heavy (non-hydrogen) atoms. The summed E-state index contributed by atoms with van der Waals surface area (Å²) in [5.74, 6) is -0.892. The van der Waals surface area contributed by atoms with Crippen LogP contribution in [0.5, 0.6) is 0 Å². The van der Waals surface area contributed by atoms with Crippen LogP contribution in [0.15, 0.2) is 42.5 Å². The smallest absolute Gasteiger partial charge is 0.256 e. The van der Waals surface area contributed by atoms with Gasteiger partial charge in [-0.05, 0) is 75.3 Å². The minimum atomic E-state index is -0.650. The van der Waals surface area contributed by atoms with E-state index < -0.39 is 17.6 Å². The quantitative estimate of drug-likeness (QED) is 0.250. The van der Waals surface area contributed by atoms with Gasteiger partial charge in [-0.25, -0.2) is 4.39 Å². The van der Waals surface area contributed by atoms with E-state index in [1.807, 2.05) is 16.8 Å². The van der Waals surface area contributed by atoms with Crippen molar-refractivity contribution in [3.8, 4) is 0 Å². The summed E-state index contributed by atoms with van der Waals surface area (Å²) in [6, 6.07) is 10.8. The first kappa shape index (κ1) is 40.0. The molecule has 1 aliphatic carbocycles. The molecule has 4 amide bonds. The minimum absolute atomic E-state index is 0.0123. The second-order valence-corrected chi connectivity index (χ2v) is 15.0. The zero-order valence-corrected chi connectivity index (χ0v) is 31.5. The monoisotopic (exact) mass is 732 g/mol. The number of carbonyl (C=O) groups is 4. The molecule has 0 spiro atoms. The Balaban J connectivity index is 1.02. The van der Waals surface area contributed by atoms with Crippen molar-refractivity contribution < 1.29 is 28.3 Å². The van der Waals surface area contributed by atoms with Gasteiger partial charge >= 0.3 is 0 Å². The highest BCUT2D eigenvalue weighted by atomic mass is 19.1. The SMILES string of the molecule is CCC(CCN(C)CC(=O)N1CCN(C(=O)c2cc(CC(=N)c3ccccc3C(N)=O)ccc2F)CC1)OC1CCN(C(=O)CC2CCCCC2)CC1. The third-order valence-electron chi connectivity index (χ3n) is 11.1. The molecule has 2 heterocycles. The van der Waals surface area contributed by atoms with Crippen molar-refractivity contribution in [2.75, 3.05) is 59.4 Å². The van der Waals surface area contributed by atoms with Crippen LogP contribution in [-0.2, 0) is 20.7 Å². The molecule has 3 aliphatic rings. The van der Waals surface area contributed by atoms with E-state index in [9.17, 15) is 23.6 Å². The molecule has 2 aromatic carbocycles. The van der Waals surface area contributed by atoms with Gasteiger partial charge in [0.2, 0.25) is 17.7 Å². The number of nitrogens with one attached hydrogen (secondary N) is 1. The van der Waals surface area contributed by atoms with Gasteiger partial charge in [-0.3, -0.25) is 24.1 Å². The number of nitrogens with two attached hydrogens (primary N) is 1. The molecule has 2 saturated heterocycles. The lowest BCUT2D eigenvalue weighted by molar-refractivity contribution is -0.136. The van der Waals surface area contributed by atoms with Gasteiger partial charge in [0.05, 0.1) is 24.3 Å². The summed E-state index contributed by atoms with van der Waals surface area (Å²) in [6.07, 6.45) is 10.6. The molecule has 12 heteroatoms. The van der Waals surface area contributed by atoms with E-state index in [-0.39, 0.29) is 61.0 Å². The van der Waals surface area contributed by atoms with E-state index >= 15 is 0 Å². The number of ether oxygens (including phenoxy) is 1. The van der Waals surface area contributed by atoms with Crippen molar-refractivity contribution in [1.82, 2.24) is 19.6 Å². The molecule has 1 saturated carbocycles. The average Bonchev–Trinajstić information content (AvgIpc) is 3.17. The summed E-state index contributed by atoms with van der Waals surface area (Å²) in [5.41, 5.74) is 6.72. The average molecular weight is 733 g/mol. The number of benzene rings is 2. The number of hydrogen-bond acceptors (Lipinski definition) is 7. The summed E-state index contributed by atoms with van der Waals surface area (Å²) in [6.45, 7) is 5.92. The van der Waals surface area contributed by atoms with Crippen LogP contribution >= 0.6 is 0 Å². The standard InChI is InChI=1S/C41H57FN6O5/c1-3-31(53-32-16-19-46(20-17-32)38(49)27-29-9-5-4-6-10-29)15-18-45(2)28-39(50)47-21-23-48(24-22-47)41(52)35-25-30(13-14-36(35)42)26-37(43)33-11-7-8-12-34(33)40(44)51/h7-8,11-14,25,29,31-32,43H,3-6,9-10,15-24,26-28H2,1-2H3,(H2,44,51). The second-order valence-electron chi connectivity index (χ2n) is 15.0. The van der Waals surface area contributed by atoms with Crippen LogP contribution < -0.4 is 5.73 Å². The fourth-order valence-electron chi connectivity index (χ4n) is 7.86. The van der Waals surface area contributed by atoms with Gasteiger partial charge in [0.25, 0.3) is 5.91 Å². The molecule has 288 valence electrons. The largest absolute Gasteiger partial charge is 0.375 e. The van der Waals surface area contributed by atoms with Crippen molar-refractivity contribution in [3.05, 3.63) is 70.5 Å². The number of primary amides is 1. The van der Waals surface area contributed by atoms with Crippen LogP contribution in [-0.4, -0.2) is 121 Å². The maximum Gasteiger partial charge on any atom is 0.256 e. The Bertz CT molecular complexity index is 1600. The molecule has 2 aliphatic heterocycles. The van der Waals surface area contributed by atoms with E-state index in [0.717, 1.165) is 38.8 Å². The summed E-state index contributed by atoms with van der Waals surface area (Å²) in [4.78, 5) is 58.6. The predicted molar refractivity (Wildman–Crippen MR) is 202 cm³/mol. The Hall–Kier alpha value is -4.16. The number of hydrogen-bond donors (Lipinski definition) is 2. The van der Waals surface area contributed by atoms with Crippen LogP contribution in [0.3, 0.4) is 0 Å². The summed E-state index contributed by atoms with van der Waals surface area (Å²) >= 11 is 0. The molecular formula is C41H57FN6O5. The second kappa shape index (κ2) is 19.3. The lowest BCUT2D eigenvalue weighted by atomic mass is 9.86. The van der Waals surface area contributed by atoms with Gasteiger partial charge in [-0.1, -0.05) is 50.5 Å². The molecule has 0 radical (unpaired) electrons. The molecule has 5 rings (SSSR count). The number of likely N-dealkylation sites (tertiary alicyclic amines) is 1. The highest BCUT2D eigenvalue weighted by Crippen LogP contribution is 2.28. The van der Waals surface area contributed by atoms with Gasteiger partial charge in [0.15, 0.2) is 0 Å². The van der Waals surface area contributed by atoms with Crippen LogP contribution in [0.25, 0.3) is 0 Å². The summed E-state index contributed by atoms with van der Waals surface area (Å²) < 4.78 is 21.4. The molecule has 0 aromatic heterocycles. The van der Waals surface area contributed by atoms with Crippen LogP contribution in [0.4, 0.5) is 4.39 Å². The van der Waals surface area contributed by atoms with Gasteiger partial charge < -0.3 is 30.6 Å². The normalized spacial score (nSPS) is 17.9. The van der Waals surface area contributed by atoms with Gasteiger partial charge in [0.1, 0.15) is 5.82 Å². The fourth-order valence-corrected chi connectivity index (χ4v) is 7.86. The molecule has 1 atom stereocenters. The molecule has 2 aromatic rings. The Morgan fingerprint density at radius 1 is 0.868 bits per heavy atom. The predicted octanol–water partition coefficient (Wildman–Crippen LogP) is 4.90. The number of amides is 4. The molecular weight excluding hydrogens is 675 g/mol. The Kier molecular flexibility index (Phi) is 14.5. The maximum absolute atomic E-state index is 14.9. The van der Waals surface area contributed by atoms with Crippen LogP contribution in [0, 0.1) is 17.1 Å². The number of nitrogens with zero attached hydrogens (tertiary/aromatic N) is 4. The number of piperidine rings is 1. The highest BCUT2D eigenvalue weighted by molar-refractivity contribution is 6.09. The zero-order chi connectivity index (χ0) is 37.9. The first-order valence-corrected chi connectivity index (χ1v) is 19.5. The Labute approximate surface area is 313 Å². The summed E-state index contributed by atoms with van der Waals surface area (Å²) in [5, 5.41) is 8.54. The minimum Gasteiger partial charge on any atom is -0.375 e. The van der Waals surface area contributed by atoms with Crippen molar-refractivity contribution >= 4 is 29.3 Å². The third kappa shape index (κ3) is 11.2. The highest BCUT2D eigenvalue weighted by Gasteiger charge is 2.29. The van der Waals surface area contributed by atoms with E-state index in [2.05, 4.69) is 6.92 Å². The van der Waals surface area contributed by atoms with Crippen LogP contribution in [0.1, 0.15) is 103 Å². The number of carbonyl (C=O) groups excluding carboxylic acids is 4. The van der Waals surface area contributed by atoms with E-state index in [1.54, 1.807) is 34.1 Å². The zero-order valence-electron chi connectivity index (χ0n) is 31.5. The molecule has 0 bridgehead atoms. The first-order chi connectivity index (χ1) is 25.5. The van der Waals surface area contributed by atoms with Crippen molar-refractivity contribution in [2.24, 2.45) is 11.7 Å². The fraction of sp³-hybridized carbons (Fsp3) is 0.585.